The Morgan fingerprint density at radius 1 is 1.35 bits per heavy atom. The van der Waals surface area contributed by atoms with E-state index < -0.39 is 22.2 Å². The summed E-state index contributed by atoms with van der Waals surface area (Å²) in [7, 11) is -4.13. The molecule has 2 amide bonds. The van der Waals surface area contributed by atoms with Gasteiger partial charge < -0.3 is 9.47 Å². The third kappa shape index (κ3) is 4.72. The van der Waals surface area contributed by atoms with Crippen molar-refractivity contribution in [2.45, 2.75) is 13.8 Å². The van der Waals surface area contributed by atoms with Crippen LogP contribution in [0.5, 0.6) is 0 Å². The van der Waals surface area contributed by atoms with Crippen molar-refractivity contribution >= 4 is 35.0 Å². The molecule has 1 aliphatic heterocycles. The van der Waals surface area contributed by atoms with Gasteiger partial charge in [0.2, 0.25) is 0 Å². The fourth-order valence-electron chi connectivity index (χ4n) is 0.951. The molecule has 0 aromatic carbocycles. The molecule has 0 aromatic rings. The van der Waals surface area contributed by atoms with Crippen LogP contribution in [-0.4, -0.2) is 51.4 Å². The molecule has 0 fully saturated rings. The van der Waals surface area contributed by atoms with E-state index in [-0.39, 0.29) is 0 Å². The molecule has 1 rings (SSSR count). The predicted octanol–water partition coefficient (Wildman–Crippen LogP) is -0.838. The van der Waals surface area contributed by atoms with Gasteiger partial charge in [-0.05, 0) is 13.8 Å². The molecule has 0 spiro atoms. The average molecular weight is 306 g/mol. The minimum Gasteiger partial charge on any atom is -0.482 e. The topological polar surface area (TPSA) is 134 Å². The first-order valence-electron chi connectivity index (χ1n) is 5.50. The zero-order chi connectivity index (χ0) is 15.0. The van der Waals surface area contributed by atoms with Gasteiger partial charge >= 0.3 is 16.2 Å². The van der Waals surface area contributed by atoms with Gasteiger partial charge in [-0.15, -0.1) is 19.6 Å². The number of carbonyl (C=O) groups is 1. The smallest absolute Gasteiger partial charge is 0.360 e. The van der Waals surface area contributed by atoms with Gasteiger partial charge in [0.1, 0.15) is 0 Å². The molecule has 12 heteroatoms. The average Bonchev–Trinajstić information content (AvgIpc) is 2.36. The summed E-state index contributed by atoms with van der Waals surface area (Å²) in [5.41, 5.74) is 2.23. The summed E-state index contributed by atoms with van der Waals surface area (Å²) in [5, 5.41) is 7.77. The SMILES string of the molecule is CCO/C=N/NC1=NS(=O)(=O)NC(=O)N1/N=C/OCC. The summed E-state index contributed by atoms with van der Waals surface area (Å²) in [6.45, 7) is 4.16. The Kier molecular flexibility index (Phi) is 5.71. The summed E-state index contributed by atoms with van der Waals surface area (Å²) >= 11 is 0. The Hall–Kier alpha value is -2.37. The van der Waals surface area contributed by atoms with Crippen LogP contribution in [0.4, 0.5) is 4.79 Å². The third-order valence-corrected chi connectivity index (χ3v) is 2.52. The van der Waals surface area contributed by atoms with Crippen molar-refractivity contribution in [3.63, 3.8) is 0 Å². The lowest BCUT2D eigenvalue weighted by Crippen LogP contribution is -2.51. The molecular formula is C8H14N6O5S. The van der Waals surface area contributed by atoms with E-state index >= 15 is 0 Å². The van der Waals surface area contributed by atoms with Crippen LogP contribution in [0.2, 0.25) is 0 Å². The highest BCUT2D eigenvalue weighted by atomic mass is 32.2. The second-order valence-corrected chi connectivity index (χ2v) is 4.42. The molecule has 2 N–H and O–H groups in total. The molecule has 0 bridgehead atoms. The number of nitrogens with zero attached hydrogens (tertiary/aromatic N) is 4. The van der Waals surface area contributed by atoms with Crippen molar-refractivity contribution in [2.75, 3.05) is 13.2 Å². The molecule has 0 saturated heterocycles. The van der Waals surface area contributed by atoms with Gasteiger partial charge in [0, 0.05) is 0 Å². The fraction of sp³-hybridized carbons (Fsp3) is 0.500. The molecule has 0 saturated carbocycles. The van der Waals surface area contributed by atoms with Gasteiger partial charge in [-0.1, -0.05) is 0 Å². The van der Waals surface area contributed by atoms with Crippen molar-refractivity contribution < 1.29 is 22.7 Å². The molecule has 0 unspecified atom stereocenters. The Balaban J connectivity index is 2.90. The highest BCUT2D eigenvalue weighted by Crippen LogP contribution is 2.04. The molecule has 1 aliphatic rings. The van der Waals surface area contributed by atoms with Crippen LogP contribution in [0.15, 0.2) is 14.6 Å². The monoisotopic (exact) mass is 306 g/mol. The number of rotatable bonds is 6. The molecule has 112 valence electrons. The number of hydrazone groups is 2. The van der Waals surface area contributed by atoms with Gasteiger partial charge in [-0.2, -0.15) is 8.42 Å². The quantitative estimate of drug-likeness (QED) is 0.373. The molecule has 0 aromatic heterocycles. The Morgan fingerprint density at radius 3 is 2.65 bits per heavy atom. The van der Waals surface area contributed by atoms with Gasteiger partial charge in [-0.3, -0.25) is 0 Å². The number of ether oxygens (including phenoxy) is 2. The number of guanidine groups is 1. The molecule has 20 heavy (non-hydrogen) atoms. The maximum absolute atomic E-state index is 11.6. The van der Waals surface area contributed by atoms with Crippen molar-refractivity contribution in [3.05, 3.63) is 0 Å². The standard InChI is InChI=1S/C8H14N6O5S/c1-3-18-5-9-11-7-12-20(16,17)13-8(15)14(7)10-6-19-4-2/h5-6H,3-4H2,1-2H3,(H,11,12)(H,13,15)/b9-5+,10-6+. The molecule has 0 atom stereocenters. The van der Waals surface area contributed by atoms with Crippen molar-refractivity contribution in [2.24, 2.45) is 14.6 Å². The summed E-state index contributed by atoms with van der Waals surface area (Å²) in [6.07, 6.45) is 2.01. The van der Waals surface area contributed by atoms with Crippen LogP contribution in [-0.2, 0) is 19.7 Å². The first kappa shape index (κ1) is 15.7. The van der Waals surface area contributed by atoms with Crippen molar-refractivity contribution in [1.29, 1.82) is 0 Å². The minimum atomic E-state index is -4.13. The molecule has 11 nitrogen and oxygen atoms in total. The van der Waals surface area contributed by atoms with E-state index in [0.717, 1.165) is 12.8 Å². The summed E-state index contributed by atoms with van der Waals surface area (Å²) in [5.74, 6) is -0.416. The van der Waals surface area contributed by atoms with Gasteiger partial charge in [0.15, 0.2) is 12.8 Å². The number of hydrogen-bond acceptors (Lipinski definition) is 8. The number of amides is 2. The highest BCUT2D eigenvalue weighted by molar-refractivity contribution is 7.89. The molecule has 0 aliphatic carbocycles. The first-order valence-corrected chi connectivity index (χ1v) is 6.94. The number of hydrogen-bond donors (Lipinski definition) is 2. The Labute approximate surface area is 115 Å². The maximum atomic E-state index is 11.6. The van der Waals surface area contributed by atoms with Crippen LogP contribution in [0.25, 0.3) is 0 Å². The summed E-state index contributed by atoms with van der Waals surface area (Å²) < 4.78 is 37.1. The van der Waals surface area contributed by atoms with E-state index in [4.69, 9.17) is 9.47 Å². The molecular weight excluding hydrogens is 292 g/mol. The first-order chi connectivity index (χ1) is 9.50. The molecule has 1 heterocycles. The van der Waals surface area contributed by atoms with Gasteiger partial charge in [-0.25, -0.2) is 14.9 Å². The van der Waals surface area contributed by atoms with E-state index in [1.54, 1.807) is 18.6 Å². The zero-order valence-electron chi connectivity index (χ0n) is 10.8. The van der Waals surface area contributed by atoms with Crippen LogP contribution in [0, 0.1) is 0 Å². The number of nitrogens with one attached hydrogen (secondary N) is 2. The van der Waals surface area contributed by atoms with Crippen LogP contribution < -0.4 is 10.1 Å². The summed E-state index contributed by atoms with van der Waals surface area (Å²) in [6, 6.07) is -1.02. The van der Waals surface area contributed by atoms with E-state index in [1.165, 1.54) is 0 Å². The van der Waals surface area contributed by atoms with E-state index in [2.05, 4.69) is 20.0 Å². The number of carbonyl (C=O) groups excluding carboxylic acids is 1. The lowest BCUT2D eigenvalue weighted by molar-refractivity contribution is 0.224. The Bertz CT molecular complexity index is 527. The van der Waals surface area contributed by atoms with Gasteiger partial charge in [0.05, 0.1) is 13.2 Å². The second kappa shape index (κ2) is 7.28. The fourth-order valence-corrected chi connectivity index (χ4v) is 1.65. The zero-order valence-corrected chi connectivity index (χ0v) is 11.6. The van der Waals surface area contributed by atoms with Crippen molar-refractivity contribution in [1.82, 2.24) is 15.2 Å². The number of urea groups is 1. The van der Waals surface area contributed by atoms with E-state index in [0.29, 0.717) is 18.2 Å². The van der Waals surface area contributed by atoms with Crippen molar-refractivity contribution in [3.8, 4) is 0 Å². The van der Waals surface area contributed by atoms with Crippen LogP contribution in [0.1, 0.15) is 13.8 Å². The lowest BCUT2D eigenvalue weighted by atomic mass is 10.8. The maximum Gasteiger partial charge on any atom is 0.360 e. The Morgan fingerprint density at radius 2 is 2.00 bits per heavy atom. The second-order valence-electron chi connectivity index (χ2n) is 3.09. The largest absolute Gasteiger partial charge is 0.482 e. The van der Waals surface area contributed by atoms with Crippen LogP contribution in [0.3, 0.4) is 0 Å². The van der Waals surface area contributed by atoms with Crippen LogP contribution >= 0.6 is 0 Å². The lowest BCUT2D eigenvalue weighted by Gasteiger charge is -2.21. The molecule has 0 radical (unpaired) electrons. The summed E-state index contributed by atoms with van der Waals surface area (Å²) in [4.78, 5) is 11.6. The highest BCUT2D eigenvalue weighted by Gasteiger charge is 2.31. The minimum absolute atomic E-state index is 0.333. The van der Waals surface area contributed by atoms with Gasteiger partial charge in [0.25, 0.3) is 5.96 Å². The third-order valence-electron chi connectivity index (χ3n) is 1.68. The van der Waals surface area contributed by atoms with E-state index in [9.17, 15) is 13.2 Å². The predicted molar refractivity (Wildman–Crippen MR) is 70.1 cm³/mol. The van der Waals surface area contributed by atoms with E-state index in [1.807, 2.05) is 0 Å². The normalized spacial score (nSPS) is 18.0.